The van der Waals surface area contributed by atoms with E-state index in [4.69, 9.17) is 16.3 Å². The molecule has 0 N–H and O–H groups in total. The lowest BCUT2D eigenvalue weighted by atomic mass is 10.0. The number of carbonyl (C=O) groups excluding carboxylic acids is 1. The van der Waals surface area contributed by atoms with Gasteiger partial charge in [0.1, 0.15) is 6.61 Å². The number of Topliss-reactive ketones (excluding diaryl/α,β-unsaturated/α-hetero) is 1. The summed E-state index contributed by atoms with van der Waals surface area (Å²) in [5.41, 5.74) is -0.237. The fourth-order valence-electron chi connectivity index (χ4n) is 1.30. The van der Waals surface area contributed by atoms with Crippen LogP contribution >= 0.6 is 11.6 Å². The van der Waals surface area contributed by atoms with Crippen LogP contribution in [0.25, 0.3) is 0 Å². The Morgan fingerprint density at radius 1 is 1.56 bits per heavy atom. The minimum Gasteiger partial charge on any atom is -0.478 e. The van der Waals surface area contributed by atoms with E-state index in [1.165, 1.54) is 18.2 Å². The first-order valence-electron chi connectivity index (χ1n) is 5.55. The minimum atomic E-state index is -0.588. The molecule has 1 atom stereocenters. The molecule has 6 heteroatoms. The Morgan fingerprint density at radius 3 is 2.78 bits per heavy atom. The first-order valence-corrected chi connectivity index (χ1v) is 5.93. The molecule has 0 aliphatic heterocycles. The molecule has 0 saturated carbocycles. The fraction of sp³-hybridized carbons (Fsp3) is 0.417. The van der Waals surface area contributed by atoms with E-state index < -0.39 is 4.92 Å². The van der Waals surface area contributed by atoms with Crippen LogP contribution in [0.5, 0.6) is 5.75 Å². The summed E-state index contributed by atoms with van der Waals surface area (Å²) in [6.07, 6.45) is 0.701. The molecule has 0 bridgehead atoms. The fourth-order valence-corrected chi connectivity index (χ4v) is 1.52. The molecule has 0 saturated heterocycles. The summed E-state index contributed by atoms with van der Waals surface area (Å²) < 4.78 is 5.19. The van der Waals surface area contributed by atoms with Gasteiger partial charge in [-0.25, -0.2) is 0 Å². The summed E-state index contributed by atoms with van der Waals surface area (Å²) in [5.74, 6) is -0.293. The van der Waals surface area contributed by atoms with Gasteiger partial charge in [-0.1, -0.05) is 31.5 Å². The Bertz CT molecular complexity index is 461. The molecule has 0 heterocycles. The molecule has 1 rings (SSSR count). The third-order valence-corrected chi connectivity index (χ3v) is 2.96. The van der Waals surface area contributed by atoms with Gasteiger partial charge in [-0.3, -0.25) is 14.9 Å². The molecule has 98 valence electrons. The summed E-state index contributed by atoms with van der Waals surface area (Å²) in [4.78, 5) is 21.8. The van der Waals surface area contributed by atoms with Crippen LogP contribution in [0.1, 0.15) is 20.3 Å². The Kier molecular flexibility index (Phi) is 5.09. The zero-order valence-electron chi connectivity index (χ0n) is 10.2. The molecule has 5 nitrogen and oxygen atoms in total. The molecule has 0 aliphatic rings. The van der Waals surface area contributed by atoms with Crippen molar-refractivity contribution in [2.75, 3.05) is 6.61 Å². The smallest absolute Gasteiger partial charge is 0.312 e. The summed E-state index contributed by atoms with van der Waals surface area (Å²) in [6.45, 7) is 3.47. The topological polar surface area (TPSA) is 69.4 Å². The van der Waals surface area contributed by atoms with Gasteiger partial charge in [0.15, 0.2) is 5.78 Å². The van der Waals surface area contributed by atoms with Crippen molar-refractivity contribution in [2.24, 2.45) is 5.92 Å². The lowest BCUT2D eigenvalue weighted by Crippen LogP contribution is -2.19. The number of benzene rings is 1. The van der Waals surface area contributed by atoms with Crippen molar-refractivity contribution >= 4 is 23.1 Å². The van der Waals surface area contributed by atoms with E-state index in [1.54, 1.807) is 6.92 Å². The van der Waals surface area contributed by atoms with Gasteiger partial charge in [-0.05, 0) is 12.5 Å². The van der Waals surface area contributed by atoms with Crippen molar-refractivity contribution < 1.29 is 14.5 Å². The third-order valence-electron chi connectivity index (χ3n) is 2.66. The SMILES string of the molecule is CCC(C)C(=O)COc1c(Cl)cccc1[N+](=O)[O-]. The Labute approximate surface area is 110 Å². The van der Waals surface area contributed by atoms with Crippen LogP contribution in [0.4, 0.5) is 5.69 Å². The Balaban J connectivity index is 2.84. The molecule has 0 fully saturated rings. The average Bonchev–Trinajstić information content (AvgIpc) is 2.35. The van der Waals surface area contributed by atoms with E-state index >= 15 is 0 Å². The van der Waals surface area contributed by atoms with Crippen LogP contribution in [0, 0.1) is 16.0 Å². The van der Waals surface area contributed by atoms with Gasteiger partial charge in [0, 0.05) is 12.0 Å². The molecule has 1 unspecified atom stereocenters. The van der Waals surface area contributed by atoms with Gasteiger partial charge in [0.05, 0.1) is 9.95 Å². The van der Waals surface area contributed by atoms with Crippen LogP contribution in [0.15, 0.2) is 18.2 Å². The standard InChI is InChI=1S/C12H14ClNO4/c1-3-8(2)11(15)7-18-12-9(13)5-4-6-10(12)14(16)17/h4-6,8H,3,7H2,1-2H3. The van der Waals surface area contributed by atoms with E-state index in [2.05, 4.69) is 0 Å². The van der Waals surface area contributed by atoms with E-state index in [1.807, 2.05) is 6.92 Å². The van der Waals surface area contributed by atoms with E-state index in [0.29, 0.717) is 6.42 Å². The maximum Gasteiger partial charge on any atom is 0.312 e. The second kappa shape index (κ2) is 6.35. The van der Waals surface area contributed by atoms with Gasteiger partial charge < -0.3 is 4.74 Å². The molecule has 18 heavy (non-hydrogen) atoms. The Hall–Kier alpha value is -1.62. The quantitative estimate of drug-likeness (QED) is 0.588. The normalized spacial score (nSPS) is 11.9. The van der Waals surface area contributed by atoms with E-state index in [-0.39, 0.29) is 34.8 Å². The largest absolute Gasteiger partial charge is 0.478 e. The molecule has 0 spiro atoms. The maximum atomic E-state index is 11.6. The highest BCUT2D eigenvalue weighted by molar-refractivity contribution is 6.32. The summed E-state index contributed by atoms with van der Waals surface area (Å²) in [6, 6.07) is 4.23. The lowest BCUT2D eigenvalue weighted by Gasteiger charge is -2.10. The van der Waals surface area contributed by atoms with Gasteiger partial charge >= 0.3 is 5.69 Å². The first kappa shape index (κ1) is 14.4. The molecule has 0 amide bonds. The predicted octanol–water partition coefficient (Wildman–Crippen LogP) is 3.24. The second-order valence-electron chi connectivity index (χ2n) is 3.91. The summed E-state index contributed by atoms with van der Waals surface area (Å²) in [7, 11) is 0. The van der Waals surface area contributed by atoms with Crippen LogP contribution in [0.3, 0.4) is 0 Å². The number of ether oxygens (including phenoxy) is 1. The molecule has 0 radical (unpaired) electrons. The number of ketones is 1. The monoisotopic (exact) mass is 271 g/mol. The number of nitro benzene ring substituents is 1. The molecule has 0 aliphatic carbocycles. The van der Waals surface area contributed by atoms with Crippen LogP contribution in [0.2, 0.25) is 5.02 Å². The van der Waals surface area contributed by atoms with Crippen molar-refractivity contribution in [3.63, 3.8) is 0 Å². The highest BCUT2D eigenvalue weighted by Crippen LogP contribution is 2.34. The second-order valence-corrected chi connectivity index (χ2v) is 4.32. The predicted molar refractivity (Wildman–Crippen MR) is 68.1 cm³/mol. The number of nitro groups is 1. The van der Waals surface area contributed by atoms with E-state index in [9.17, 15) is 14.9 Å². The average molecular weight is 272 g/mol. The molecule has 1 aromatic rings. The number of nitrogens with zero attached hydrogens (tertiary/aromatic N) is 1. The van der Waals surface area contributed by atoms with Crippen molar-refractivity contribution in [3.8, 4) is 5.75 Å². The molecule has 0 aromatic heterocycles. The third kappa shape index (κ3) is 3.43. The van der Waals surface area contributed by atoms with Crippen molar-refractivity contribution in [1.82, 2.24) is 0 Å². The lowest BCUT2D eigenvalue weighted by molar-refractivity contribution is -0.385. The summed E-state index contributed by atoms with van der Waals surface area (Å²) in [5, 5.41) is 10.9. The van der Waals surface area contributed by atoms with Crippen LogP contribution in [-0.4, -0.2) is 17.3 Å². The van der Waals surface area contributed by atoms with Gasteiger partial charge in [-0.15, -0.1) is 0 Å². The number of carbonyl (C=O) groups is 1. The maximum absolute atomic E-state index is 11.6. The zero-order valence-corrected chi connectivity index (χ0v) is 10.9. The van der Waals surface area contributed by atoms with Gasteiger partial charge in [-0.2, -0.15) is 0 Å². The van der Waals surface area contributed by atoms with Crippen LogP contribution < -0.4 is 4.74 Å². The van der Waals surface area contributed by atoms with Gasteiger partial charge in [0.2, 0.25) is 5.75 Å². The van der Waals surface area contributed by atoms with Crippen LogP contribution in [-0.2, 0) is 4.79 Å². The van der Waals surface area contributed by atoms with Gasteiger partial charge in [0.25, 0.3) is 0 Å². The number of hydrogen-bond acceptors (Lipinski definition) is 4. The summed E-state index contributed by atoms with van der Waals surface area (Å²) >= 11 is 5.83. The number of hydrogen-bond donors (Lipinski definition) is 0. The number of para-hydroxylation sites is 1. The molecule has 1 aromatic carbocycles. The van der Waals surface area contributed by atoms with Crippen molar-refractivity contribution in [3.05, 3.63) is 33.3 Å². The molecular formula is C12H14ClNO4. The molecular weight excluding hydrogens is 258 g/mol. The number of halogens is 1. The zero-order chi connectivity index (χ0) is 13.7. The highest BCUT2D eigenvalue weighted by atomic mass is 35.5. The van der Waals surface area contributed by atoms with Crippen molar-refractivity contribution in [2.45, 2.75) is 20.3 Å². The Morgan fingerprint density at radius 2 is 2.22 bits per heavy atom. The highest BCUT2D eigenvalue weighted by Gasteiger charge is 2.20. The minimum absolute atomic E-state index is 0.0548. The first-order chi connectivity index (χ1) is 8.47. The number of rotatable bonds is 6. The van der Waals surface area contributed by atoms with E-state index in [0.717, 1.165) is 0 Å². The van der Waals surface area contributed by atoms with Crippen molar-refractivity contribution in [1.29, 1.82) is 0 Å².